The SMILES string of the molecule is Cc1ccc2[nH]c3c(B(O)O)cc(C)cc3c2c1. The van der Waals surface area contributed by atoms with Crippen LogP contribution in [0.2, 0.25) is 0 Å². The van der Waals surface area contributed by atoms with Crippen LogP contribution in [-0.4, -0.2) is 22.2 Å². The summed E-state index contributed by atoms with van der Waals surface area (Å²) in [6.07, 6.45) is 0. The van der Waals surface area contributed by atoms with E-state index in [0.717, 1.165) is 27.4 Å². The first-order chi connectivity index (χ1) is 8.56. The summed E-state index contributed by atoms with van der Waals surface area (Å²) >= 11 is 0. The highest BCUT2D eigenvalue weighted by Gasteiger charge is 2.18. The van der Waals surface area contributed by atoms with Gasteiger partial charge >= 0.3 is 7.12 Å². The van der Waals surface area contributed by atoms with Crippen molar-refractivity contribution in [3.8, 4) is 0 Å². The summed E-state index contributed by atoms with van der Waals surface area (Å²) in [5.41, 5.74) is 4.56. The van der Waals surface area contributed by atoms with Crippen LogP contribution in [0.1, 0.15) is 11.1 Å². The highest BCUT2D eigenvalue weighted by molar-refractivity contribution is 6.62. The second kappa shape index (κ2) is 3.87. The number of aromatic amines is 1. The van der Waals surface area contributed by atoms with Crippen LogP contribution in [-0.2, 0) is 0 Å². The van der Waals surface area contributed by atoms with Crippen LogP contribution >= 0.6 is 0 Å². The van der Waals surface area contributed by atoms with Crippen molar-refractivity contribution in [2.45, 2.75) is 13.8 Å². The third-order valence-corrected chi connectivity index (χ3v) is 3.32. The molecule has 3 nitrogen and oxygen atoms in total. The number of hydrogen-bond donors (Lipinski definition) is 3. The van der Waals surface area contributed by atoms with Crippen LogP contribution in [0.4, 0.5) is 0 Å². The molecule has 3 N–H and O–H groups in total. The number of fused-ring (bicyclic) bond motifs is 3. The number of aromatic nitrogens is 1. The molecular weight excluding hydrogens is 225 g/mol. The summed E-state index contributed by atoms with van der Waals surface area (Å²) in [4.78, 5) is 3.26. The lowest BCUT2D eigenvalue weighted by molar-refractivity contribution is 0.426. The maximum atomic E-state index is 9.46. The van der Waals surface area contributed by atoms with Crippen molar-refractivity contribution in [1.82, 2.24) is 4.98 Å². The molecule has 18 heavy (non-hydrogen) atoms. The van der Waals surface area contributed by atoms with Gasteiger partial charge in [-0.05, 0) is 32.0 Å². The van der Waals surface area contributed by atoms with Gasteiger partial charge in [0.2, 0.25) is 0 Å². The summed E-state index contributed by atoms with van der Waals surface area (Å²) in [6, 6.07) is 10.0. The molecule has 0 fully saturated rings. The molecule has 2 aromatic carbocycles. The van der Waals surface area contributed by atoms with Crippen molar-refractivity contribution < 1.29 is 10.0 Å². The lowest BCUT2D eigenvalue weighted by Gasteiger charge is -2.03. The normalized spacial score (nSPS) is 11.3. The van der Waals surface area contributed by atoms with E-state index in [9.17, 15) is 10.0 Å². The Labute approximate surface area is 105 Å². The van der Waals surface area contributed by atoms with Crippen LogP contribution in [0, 0.1) is 13.8 Å². The van der Waals surface area contributed by atoms with Gasteiger partial charge in [-0.25, -0.2) is 0 Å². The first-order valence-corrected chi connectivity index (χ1v) is 5.95. The van der Waals surface area contributed by atoms with Crippen molar-refractivity contribution >= 4 is 34.4 Å². The fraction of sp³-hybridized carbons (Fsp3) is 0.143. The average Bonchev–Trinajstić information content (AvgIpc) is 2.66. The van der Waals surface area contributed by atoms with Crippen molar-refractivity contribution in [2.24, 2.45) is 0 Å². The minimum atomic E-state index is -1.46. The molecule has 0 aliphatic heterocycles. The molecule has 3 aromatic rings. The van der Waals surface area contributed by atoms with Gasteiger partial charge in [0.25, 0.3) is 0 Å². The van der Waals surface area contributed by atoms with Gasteiger partial charge in [0.15, 0.2) is 0 Å². The Balaban J connectivity index is 2.50. The smallest absolute Gasteiger partial charge is 0.423 e. The van der Waals surface area contributed by atoms with E-state index in [2.05, 4.69) is 24.0 Å². The predicted molar refractivity (Wildman–Crippen MR) is 75.1 cm³/mol. The largest absolute Gasteiger partial charge is 0.490 e. The van der Waals surface area contributed by atoms with Gasteiger partial charge in [-0.3, -0.25) is 0 Å². The Morgan fingerprint density at radius 3 is 2.39 bits per heavy atom. The Bertz CT molecular complexity index is 746. The van der Waals surface area contributed by atoms with Gasteiger partial charge in [0.05, 0.1) is 0 Å². The van der Waals surface area contributed by atoms with Gasteiger partial charge in [-0.1, -0.05) is 23.3 Å². The van der Waals surface area contributed by atoms with E-state index in [1.54, 1.807) is 6.07 Å². The number of rotatable bonds is 1. The Hall–Kier alpha value is -1.78. The van der Waals surface area contributed by atoms with Gasteiger partial charge in [0.1, 0.15) is 0 Å². The van der Waals surface area contributed by atoms with Crippen molar-refractivity contribution in [1.29, 1.82) is 0 Å². The zero-order chi connectivity index (χ0) is 12.9. The Morgan fingerprint density at radius 2 is 1.67 bits per heavy atom. The third kappa shape index (κ3) is 1.62. The molecule has 90 valence electrons. The minimum absolute atomic E-state index is 0.527. The second-order valence-electron chi connectivity index (χ2n) is 4.82. The molecule has 0 radical (unpaired) electrons. The molecule has 0 atom stereocenters. The summed E-state index contributed by atoms with van der Waals surface area (Å²) < 4.78 is 0. The van der Waals surface area contributed by atoms with Crippen LogP contribution in [0.25, 0.3) is 21.8 Å². The molecule has 3 rings (SSSR count). The number of aryl methyl sites for hydroxylation is 2. The lowest BCUT2D eigenvalue weighted by Crippen LogP contribution is -2.30. The lowest BCUT2D eigenvalue weighted by atomic mass is 9.78. The molecular formula is C14H14BNO2. The zero-order valence-electron chi connectivity index (χ0n) is 10.4. The molecule has 0 aliphatic rings. The van der Waals surface area contributed by atoms with Gasteiger partial charge < -0.3 is 15.0 Å². The molecule has 0 saturated heterocycles. The predicted octanol–water partition coefficient (Wildman–Crippen LogP) is 1.62. The molecule has 0 unspecified atom stereocenters. The molecule has 0 saturated carbocycles. The number of hydrogen-bond acceptors (Lipinski definition) is 2. The standard InChI is InChI=1S/C14H14BNO2/c1-8-3-4-13-10(5-8)11-6-9(2)7-12(15(17)18)14(11)16-13/h3-7,16-18H,1-2H3. The maximum absolute atomic E-state index is 9.46. The Morgan fingerprint density at radius 1 is 0.944 bits per heavy atom. The molecule has 0 amide bonds. The van der Waals surface area contributed by atoms with Crippen molar-refractivity contribution in [3.05, 3.63) is 41.5 Å². The van der Waals surface area contributed by atoms with E-state index in [0.29, 0.717) is 5.46 Å². The summed E-state index contributed by atoms with van der Waals surface area (Å²) in [5, 5.41) is 21.1. The molecule has 0 spiro atoms. The average molecular weight is 239 g/mol. The van der Waals surface area contributed by atoms with E-state index in [4.69, 9.17) is 0 Å². The third-order valence-electron chi connectivity index (χ3n) is 3.32. The van der Waals surface area contributed by atoms with Crippen LogP contribution in [0.15, 0.2) is 30.3 Å². The topological polar surface area (TPSA) is 56.2 Å². The highest BCUT2D eigenvalue weighted by Crippen LogP contribution is 2.26. The van der Waals surface area contributed by atoms with E-state index in [-0.39, 0.29) is 0 Å². The van der Waals surface area contributed by atoms with Gasteiger partial charge in [-0.2, -0.15) is 0 Å². The number of benzene rings is 2. The molecule has 0 aliphatic carbocycles. The molecule has 4 heteroatoms. The first-order valence-electron chi connectivity index (χ1n) is 5.95. The first kappa shape index (κ1) is 11.3. The fourth-order valence-electron chi connectivity index (χ4n) is 2.49. The summed E-state index contributed by atoms with van der Waals surface area (Å²) in [6.45, 7) is 4.01. The summed E-state index contributed by atoms with van der Waals surface area (Å²) in [7, 11) is -1.46. The molecule has 0 bridgehead atoms. The van der Waals surface area contributed by atoms with Gasteiger partial charge in [-0.15, -0.1) is 0 Å². The molecule has 1 heterocycles. The molecule has 1 aromatic heterocycles. The van der Waals surface area contributed by atoms with E-state index < -0.39 is 7.12 Å². The van der Waals surface area contributed by atoms with Crippen molar-refractivity contribution in [3.63, 3.8) is 0 Å². The maximum Gasteiger partial charge on any atom is 0.490 e. The Kier molecular flexibility index (Phi) is 2.43. The van der Waals surface area contributed by atoms with Crippen LogP contribution in [0.3, 0.4) is 0 Å². The van der Waals surface area contributed by atoms with E-state index in [1.165, 1.54) is 5.56 Å². The zero-order valence-corrected chi connectivity index (χ0v) is 10.4. The van der Waals surface area contributed by atoms with E-state index >= 15 is 0 Å². The second-order valence-corrected chi connectivity index (χ2v) is 4.82. The van der Waals surface area contributed by atoms with Crippen LogP contribution < -0.4 is 5.46 Å². The quantitative estimate of drug-likeness (QED) is 0.565. The number of H-pyrrole nitrogens is 1. The van der Waals surface area contributed by atoms with Crippen LogP contribution in [0.5, 0.6) is 0 Å². The number of nitrogens with one attached hydrogen (secondary N) is 1. The summed E-state index contributed by atoms with van der Waals surface area (Å²) in [5.74, 6) is 0. The van der Waals surface area contributed by atoms with Gasteiger partial charge in [0, 0.05) is 27.3 Å². The highest BCUT2D eigenvalue weighted by atomic mass is 16.4. The van der Waals surface area contributed by atoms with E-state index in [1.807, 2.05) is 19.1 Å². The minimum Gasteiger partial charge on any atom is -0.423 e. The monoisotopic (exact) mass is 239 g/mol. The van der Waals surface area contributed by atoms with Crippen molar-refractivity contribution in [2.75, 3.05) is 0 Å². The fourth-order valence-corrected chi connectivity index (χ4v) is 2.49.